The molecule has 0 saturated carbocycles. The Hall–Kier alpha value is -2.28. The molecule has 2 aliphatic rings. The molecule has 0 aromatic heterocycles. The lowest BCUT2D eigenvalue weighted by atomic mass is 10.1. The lowest BCUT2D eigenvalue weighted by Crippen LogP contribution is -2.34. The van der Waals surface area contributed by atoms with Gasteiger partial charge in [0.05, 0.1) is 13.0 Å². The van der Waals surface area contributed by atoms with Crippen LogP contribution in [-0.4, -0.2) is 50.8 Å². The number of carbonyl (C=O) groups excluding carboxylic acids is 2. The fourth-order valence-electron chi connectivity index (χ4n) is 2.67. The first-order chi connectivity index (χ1) is 10.6. The van der Waals surface area contributed by atoms with E-state index in [4.69, 9.17) is 14.3 Å². The zero-order valence-electron chi connectivity index (χ0n) is 12.6. The summed E-state index contributed by atoms with van der Waals surface area (Å²) in [5.74, 6) is 0.620. The number of hydroxylamine groups is 2. The number of carbonyl (C=O) groups is 2. The summed E-state index contributed by atoms with van der Waals surface area (Å²) < 4.78 is 11.0. The van der Waals surface area contributed by atoms with Gasteiger partial charge in [-0.1, -0.05) is 0 Å². The molecule has 0 unspecified atom stereocenters. The number of hydrogen-bond donors (Lipinski definition) is 0. The van der Waals surface area contributed by atoms with Gasteiger partial charge in [0.2, 0.25) is 5.91 Å². The maximum atomic E-state index is 12.2. The van der Waals surface area contributed by atoms with Crippen molar-refractivity contribution in [1.82, 2.24) is 5.06 Å². The normalized spacial score (nSPS) is 20.2. The zero-order valence-corrected chi connectivity index (χ0v) is 12.6. The summed E-state index contributed by atoms with van der Waals surface area (Å²) in [6, 6.07) is 5.37. The van der Waals surface area contributed by atoms with Crippen LogP contribution in [-0.2, 0) is 14.4 Å². The summed E-state index contributed by atoms with van der Waals surface area (Å²) in [6.45, 7) is 1.35. The molecule has 0 spiro atoms. The van der Waals surface area contributed by atoms with Gasteiger partial charge in [0.25, 0.3) is 5.91 Å². The molecular formula is C15H18N2O5. The summed E-state index contributed by atoms with van der Waals surface area (Å²) in [7, 11) is 2.97. The zero-order chi connectivity index (χ0) is 15.7. The van der Waals surface area contributed by atoms with E-state index in [-0.39, 0.29) is 18.2 Å². The predicted octanol–water partition coefficient (Wildman–Crippen LogP) is 0.830. The van der Waals surface area contributed by atoms with Crippen LogP contribution >= 0.6 is 0 Å². The lowest BCUT2D eigenvalue weighted by molar-refractivity contribution is -0.172. The number of benzene rings is 1. The quantitative estimate of drug-likeness (QED) is 0.774. The standard InChI is InChI=1S/C15H18N2O5/c1-16(20-2)15(19)10-7-14(18)17(9-10)11-3-4-12-13(8-11)22-6-5-21-12/h3-4,8,10H,5-7,9H2,1-2H3/t10-/m1/s1. The Morgan fingerprint density at radius 3 is 2.77 bits per heavy atom. The summed E-state index contributed by atoms with van der Waals surface area (Å²) in [5.41, 5.74) is 0.713. The van der Waals surface area contributed by atoms with E-state index >= 15 is 0 Å². The van der Waals surface area contributed by atoms with Crippen LogP contribution in [0.25, 0.3) is 0 Å². The van der Waals surface area contributed by atoms with Crippen molar-refractivity contribution >= 4 is 17.5 Å². The van der Waals surface area contributed by atoms with Gasteiger partial charge in [0.1, 0.15) is 13.2 Å². The Bertz CT molecular complexity index is 604. The highest BCUT2D eigenvalue weighted by Gasteiger charge is 2.37. The van der Waals surface area contributed by atoms with Gasteiger partial charge in [-0.25, -0.2) is 5.06 Å². The first kappa shape index (κ1) is 14.6. The van der Waals surface area contributed by atoms with E-state index in [2.05, 4.69) is 0 Å². The van der Waals surface area contributed by atoms with Crippen LogP contribution in [0.2, 0.25) is 0 Å². The van der Waals surface area contributed by atoms with Gasteiger partial charge >= 0.3 is 0 Å². The topological polar surface area (TPSA) is 68.3 Å². The van der Waals surface area contributed by atoms with Crippen molar-refractivity contribution in [1.29, 1.82) is 0 Å². The van der Waals surface area contributed by atoms with Crippen LogP contribution in [0, 0.1) is 5.92 Å². The monoisotopic (exact) mass is 306 g/mol. The molecule has 2 aliphatic heterocycles. The molecule has 118 valence electrons. The van der Waals surface area contributed by atoms with Crippen molar-refractivity contribution in [2.45, 2.75) is 6.42 Å². The third kappa shape index (κ3) is 2.59. The number of rotatable bonds is 3. The summed E-state index contributed by atoms with van der Waals surface area (Å²) in [5, 5.41) is 1.16. The largest absolute Gasteiger partial charge is 0.486 e. The van der Waals surface area contributed by atoms with Gasteiger partial charge in [-0.05, 0) is 12.1 Å². The third-order valence-electron chi connectivity index (χ3n) is 3.90. The van der Waals surface area contributed by atoms with E-state index in [0.717, 1.165) is 5.06 Å². The molecular weight excluding hydrogens is 288 g/mol. The highest BCUT2D eigenvalue weighted by molar-refractivity contribution is 6.00. The van der Waals surface area contributed by atoms with Gasteiger partial charge in [0.15, 0.2) is 11.5 Å². The first-order valence-electron chi connectivity index (χ1n) is 7.12. The van der Waals surface area contributed by atoms with E-state index in [1.165, 1.54) is 7.11 Å². The van der Waals surface area contributed by atoms with Gasteiger partial charge < -0.3 is 14.4 Å². The number of ether oxygens (including phenoxy) is 2. The fourth-order valence-corrected chi connectivity index (χ4v) is 2.67. The minimum atomic E-state index is -0.398. The highest BCUT2D eigenvalue weighted by atomic mass is 16.7. The van der Waals surface area contributed by atoms with Crippen LogP contribution in [0.3, 0.4) is 0 Å². The van der Waals surface area contributed by atoms with Crippen molar-refractivity contribution in [3.05, 3.63) is 18.2 Å². The fraction of sp³-hybridized carbons (Fsp3) is 0.467. The molecule has 1 saturated heterocycles. The number of hydrogen-bond acceptors (Lipinski definition) is 5. The summed E-state index contributed by atoms with van der Waals surface area (Å²) in [6.07, 6.45) is 0.182. The van der Waals surface area contributed by atoms with Crippen LogP contribution < -0.4 is 14.4 Å². The Morgan fingerprint density at radius 2 is 2.05 bits per heavy atom. The molecule has 22 heavy (non-hydrogen) atoms. The lowest BCUT2D eigenvalue weighted by Gasteiger charge is -2.22. The van der Waals surface area contributed by atoms with Gasteiger partial charge in [-0.15, -0.1) is 0 Å². The Kier molecular flexibility index (Phi) is 3.89. The van der Waals surface area contributed by atoms with E-state index < -0.39 is 5.92 Å². The first-order valence-corrected chi connectivity index (χ1v) is 7.12. The van der Waals surface area contributed by atoms with Crippen LogP contribution in [0.5, 0.6) is 11.5 Å². The maximum Gasteiger partial charge on any atom is 0.251 e. The minimum absolute atomic E-state index is 0.0838. The third-order valence-corrected chi connectivity index (χ3v) is 3.90. The Balaban J connectivity index is 1.78. The minimum Gasteiger partial charge on any atom is -0.486 e. The van der Waals surface area contributed by atoms with Crippen LogP contribution in [0.1, 0.15) is 6.42 Å². The van der Waals surface area contributed by atoms with E-state index in [1.54, 1.807) is 30.1 Å². The van der Waals surface area contributed by atoms with Crippen molar-refractivity contribution in [3.63, 3.8) is 0 Å². The van der Waals surface area contributed by atoms with Crippen molar-refractivity contribution in [2.75, 3.05) is 38.8 Å². The van der Waals surface area contributed by atoms with Crippen molar-refractivity contribution in [3.8, 4) is 11.5 Å². The van der Waals surface area contributed by atoms with E-state index in [9.17, 15) is 9.59 Å². The summed E-state index contributed by atoms with van der Waals surface area (Å²) in [4.78, 5) is 30.8. The molecule has 1 aromatic rings. The van der Waals surface area contributed by atoms with Crippen LogP contribution in [0.4, 0.5) is 5.69 Å². The van der Waals surface area contributed by atoms with E-state index in [0.29, 0.717) is 36.9 Å². The Morgan fingerprint density at radius 1 is 1.32 bits per heavy atom. The molecule has 3 rings (SSSR count). The smallest absolute Gasteiger partial charge is 0.251 e. The van der Waals surface area contributed by atoms with E-state index in [1.807, 2.05) is 0 Å². The number of nitrogens with zero attached hydrogens (tertiary/aromatic N) is 2. The molecule has 2 amide bonds. The highest BCUT2D eigenvalue weighted by Crippen LogP contribution is 2.36. The molecule has 7 heteroatoms. The number of amides is 2. The molecule has 0 aliphatic carbocycles. The molecule has 0 radical (unpaired) electrons. The average Bonchev–Trinajstić information content (AvgIpc) is 2.94. The molecule has 1 aromatic carbocycles. The summed E-state index contributed by atoms with van der Waals surface area (Å²) >= 11 is 0. The van der Waals surface area contributed by atoms with Gasteiger partial charge in [0, 0.05) is 31.8 Å². The molecule has 0 bridgehead atoms. The second-order valence-electron chi connectivity index (χ2n) is 5.25. The number of anilines is 1. The Labute approximate surface area is 128 Å². The maximum absolute atomic E-state index is 12.2. The average molecular weight is 306 g/mol. The van der Waals surface area contributed by atoms with Gasteiger partial charge in [-0.3, -0.25) is 14.4 Å². The van der Waals surface area contributed by atoms with Crippen molar-refractivity contribution in [2.24, 2.45) is 5.92 Å². The SMILES string of the molecule is CON(C)C(=O)[C@@H]1CC(=O)N(c2ccc3c(c2)OCCO3)C1. The van der Waals surface area contributed by atoms with Gasteiger partial charge in [-0.2, -0.15) is 0 Å². The molecule has 1 fully saturated rings. The molecule has 7 nitrogen and oxygen atoms in total. The van der Waals surface area contributed by atoms with Crippen LogP contribution in [0.15, 0.2) is 18.2 Å². The van der Waals surface area contributed by atoms with Crippen molar-refractivity contribution < 1.29 is 23.9 Å². The predicted molar refractivity (Wildman–Crippen MR) is 77.7 cm³/mol. The molecule has 2 heterocycles. The second-order valence-corrected chi connectivity index (χ2v) is 5.25. The molecule has 0 N–H and O–H groups in total. The molecule has 1 atom stereocenters. The second kappa shape index (κ2) is 5.84. The number of fused-ring (bicyclic) bond motifs is 1.